The first-order valence-corrected chi connectivity index (χ1v) is 8.51. The number of hydrogen-bond acceptors (Lipinski definition) is 4. The van der Waals surface area contributed by atoms with Crippen LogP contribution in [0.1, 0.15) is 17.7 Å². The van der Waals surface area contributed by atoms with Crippen LogP contribution in [0.25, 0.3) is 0 Å². The Balaban J connectivity index is 0.00000208. The third-order valence-electron chi connectivity index (χ3n) is 4.80. The van der Waals surface area contributed by atoms with Gasteiger partial charge in [0.1, 0.15) is 0 Å². The minimum Gasteiger partial charge on any atom is -0.381 e. The number of H-pyrrole nitrogens is 1. The molecule has 2 fully saturated rings. The van der Waals surface area contributed by atoms with Crippen molar-refractivity contribution in [1.29, 1.82) is 0 Å². The SMILES string of the molecule is CN=C(NCc1cn[nH]c1C)N1CCN(CC2CCOC2)CC1.I. The van der Waals surface area contributed by atoms with Crippen LogP contribution in [0.2, 0.25) is 0 Å². The first kappa shape index (κ1) is 19.5. The average molecular weight is 448 g/mol. The summed E-state index contributed by atoms with van der Waals surface area (Å²) in [5, 5.41) is 10.5. The summed E-state index contributed by atoms with van der Waals surface area (Å²) in [6.45, 7) is 10.1. The van der Waals surface area contributed by atoms with Gasteiger partial charge in [-0.2, -0.15) is 5.10 Å². The summed E-state index contributed by atoms with van der Waals surface area (Å²) >= 11 is 0. The molecule has 0 aromatic carbocycles. The number of hydrogen-bond donors (Lipinski definition) is 2. The van der Waals surface area contributed by atoms with Crippen LogP contribution in [0.3, 0.4) is 0 Å². The van der Waals surface area contributed by atoms with Crippen molar-refractivity contribution in [1.82, 2.24) is 25.3 Å². The number of rotatable bonds is 4. The van der Waals surface area contributed by atoms with Gasteiger partial charge in [0.15, 0.2) is 5.96 Å². The maximum absolute atomic E-state index is 5.48. The van der Waals surface area contributed by atoms with E-state index < -0.39 is 0 Å². The zero-order valence-corrected chi connectivity index (χ0v) is 17.0. The number of aromatic amines is 1. The van der Waals surface area contributed by atoms with E-state index in [0.29, 0.717) is 0 Å². The molecule has 1 aromatic heterocycles. The van der Waals surface area contributed by atoms with Crippen molar-refractivity contribution < 1.29 is 4.74 Å². The highest BCUT2D eigenvalue weighted by atomic mass is 127. The van der Waals surface area contributed by atoms with Gasteiger partial charge in [0.25, 0.3) is 0 Å². The molecule has 0 bridgehead atoms. The third kappa shape index (κ3) is 5.06. The first-order valence-electron chi connectivity index (χ1n) is 8.51. The topological polar surface area (TPSA) is 68.8 Å². The molecule has 7 nitrogen and oxygen atoms in total. The molecule has 3 rings (SSSR count). The van der Waals surface area contributed by atoms with Gasteiger partial charge in [-0.15, -0.1) is 24.0 Å². The summed E-state index contributed by atoms with van der Waals surface area (Å²) in [5.74, 6) is 1.71. The second-order valence-corrected chi connectivity index (χ2v) is 6.44. The summed E-state index contributed by atoms with van der Waals surface area (Å²) in [7, 11) is 1.85. The molecule has 2 saturated heterocycles. The third-order valence-corrected chi connectivity index (χ3v) is 4.80. The molecule has 24 heavy (non-hydrogen) atoms. The Labute approximate surface area is 161 Å². The van der Waals surface area contributed by atoms with Gasteiger partial charge >= 0.3 is 0 Å². The fraction of sp³-hybridized carbons (Fsp3) is 0.750. The van der Waals surface area contributed by atoms with Gasteiger partial charge in [0, 0.05) is 64.2 Å². The van der Waals surface area contributed by atoms with Crippen molar-refractivity contribution in [2.75, 3.05) is 53.0 Å². The van der Waals surface area contributed by atoms with Gasteiger partial charge in [-0.1, -0.05) is 0 Å². The number of nitrogens with zero attached hydrogens (tertiary/aromatic N) is 4. The molecule has 8 heteroatoms. The lowest BCUT2D eigenvalue weighted by Gasteiger charge is -2.37. The van der Waals surface area contributed by atoms with E-state index in [0.717, 1.165) is 63.5 Å². The van der Waals surface area contributed by atoms with Gasteiger partial charge < -0.3 is 15.0 Å². The molecule has 0 amide bonds. The fourth-order valence-electron chi connectivity index (χ4n) is 3.30. The monoisotopic (exact) mass is 448 g/mol. The van der Waals surface area contributed by atoms with Gasteiger partial charge in [-0.05, 0) is 19.3 Å². The Bertz CT molecular complexity index is 520. The average Bonchev–Trinajstić information content (AvgIpc) is 3.21. The highest BCUT2D eigenvalue weighted by Crippen LogP contribution is 2.15. The quantitative estimate of drug-likeness (QED) is 0.410. The van der Waals surface area contributed by atoms with Crippen molar-refractivity contribution in [3.63, 3.8) is 0 Å². The lowest BCUT2D eigenvalue weighted by atomic mass is 10.1. The largest absolute Gasteiger partial charge is 0.381 e. The van der Waals surface area contributed by atoms with E-state index in [1.54, 1.807) is 0 Å². The first-order chi connectivity index (χ1) is 11.3. The zero-order chi connectivity index (χ0) is 16.1. The molecule has 0 spiro atoms. The van der Waals surface area contributed by atoms with Crippen LogP contribution in [0, 0.1) is 12.8 Å². The second-order valence-electron chi connectivity index (χ2n) is 6.44. The van der Waals surface area contributed by atoms with E-state index in [1.807, 2.05) is 20.2 Å². The summed E-state index contributed by atoms with van der Waals surface area (Å²) in [5.41, 5.74) is 2.29. The minimum atomic E-state index is 0. The minimum absolute atomic E-state index is 0. The van der Waals surface area contributed by atoms with Crippen LogP contribution in [0.15, 0.2) is 11.2 Å². The summed E-state index contributed by atoms with van der Waals surface area (Å²) < 4.78 is 5.48. The molecular formula is C16H29IN6O. The Morgan fingerprint density at radius 2 is 2.21 bits per heavy atom. The van der Waals surface area contributed by atoms with E-state index in [4.69, 9.17) is 4.74 Å². The van der Waals surface area contributed by atoms with Crippen molar-refractivity contribution in [3.05, 3.63) is 17.5 Å². The van der Waals surface area contributed by atoms with Gasteiger partial charge in [-0.25, -0.2) is 0 Å². The van der Waals surface area contributed by atoms with Crippen LogP contribution in [-0.4, -0.2) is 78.9 Å². The van der Waals surface area contributed by atoms with Crippen LogP contribution in [0.5, 0.6) is 0 Å². The van der Waals surface area contributed by atoms with Crippen LogP contribution < -0.4 is 5.32 Å². The Morgan fingerprint density at radius 1 is 1.42 bits per heavy atom. The number of halogens is 1. The van der Waals surface area contributed by atoms with E-state index in [9.17, 15) is 0 Å². The molecule has 0 radical (unpaired) electrons. The van der Waals surface area contributed by atoms with Gasteiger partial charge in [0.2, 0.25) is 0 Å². The fourth-order valence-corrected chi connectivity index (χ4v) is 3.30. The lowest BCUT2D eigenvalue weighted by Crippen LogP contribution is -2.53. The van der Waals surface area contributed by atoms with Gasteiger partial charge in [-0.3, -0.25) is 15.0 Å². The number of aromatic nitrogens is 2. The standard InChI is InChI=1S/C16H28N6O.HI/c1-13-15(10-19-20-13)9-18-16(17-2)22-6-4-21(5-7-22)11-14-3-8-23-12-14;/h10,14H,3-9,11-12H2,1-2H3,(H,17,18)(H,19,20);1H. The van der Waals surface area contributed by atoms with E-state index in [2.05, 4.69) is 30.3 Å². The van der Waals surface area contributed by atoms with E-state index in [1.165, 1.54) is 18.5 Å². The normalized spacial score (nSPS) is 22.5. The van der Waals surface area contributed by atoms with Crippen molar-refractivity contribution in [3.8, 4) is 0 Å². The second kappa shape index (κ2) is 9.57. The lowest BCUT2D eigenvalue weighted by molar-refractivity contribution is 0.139. The molecule has 2 aliphatic rings. The molecule has 2 N–H and O–H groups in total. The van der Waals surface area contributed by atoms with Crippen molar-refractivity contribution in [2.24, 2.45) is 10.9 Å². The molecule has 1 atom stereocenters. The molecule has 136 valence electrons. The highest BCUT2D eigenvalue weighted by molar-refractivity contribution is 14.0. The predicted molar refractivity (Wildman–Crippen MR) is 106 cm³/mol. The van der Waals surface area contributed by atoms with Gasteiger partial charge in [0.05, 0.1) is 12.8 Å². The zero-order valence-electron chi connectivity index (χ0n) is 14.6. The number of guanidine groups is 1. The van der Waals surface area contributed by atoms with Crippen molar-refractivity contribution in [2.45, 2.75) is 19.9 Å². The molecular weight excluding hydrogens is 419 g/mol. The highest BCUT2D eigenvalue weighted by Gasteiger charge is 2.24. The van der Waals surface area contributed by atoms with E-state index in [-0.39, 0.29) is 24.0 Å². The van der Waals surface area contributed by atoms with Crippen LogP contribution >= 0.6 is 24.0 Å². The Hall–Kier alpha value is -0.870. The number of nitrogens with one attached hydrogen (secondary N) is 2. The van der Waals surface area contributed by atoms with E-state index >= 15 is 0 Å². The smallest absolute Gasteiger partial charge is 0.194 e. The maximum Gasteiger partial charge on any atom is 0.194 e. The molecule has 0 aliphatic carbocycles. The summed E-state index contributed by atoms with van der Waals surface area (Å²) in [6.07, 6.45) is 3.09. The number of aryl methyl sites for hydroxylation is 1. The van der Waals surface area contributed by atoms with Crippen molar-refractivity contribution >= 4 is 29.9 Å². The molecule has 3 heterocycles. The molecule has 0 saturated carbocycles. The molecule has 2 aliphatic heterocycles. The summed E-state index contributed by atoms with van der Waals surface area (Å²) in [4.78, 5) is 9.33. The Kier molecular flexibility index (Phi) is 7.76. The number of aliphatic imine (C=N–C) groups is 1. The van der Waals surface area contributed by atoms with Crippen LogP contribution in [-0.2, 0) is 11.3 Å². The predicted octanol–water partition coefficient (Wildman–Crippen LogP) is 1.07. The molecule has 1 aromatic rings. The molecule has 1 unspecified atom stereocenters. The van der Waals surface area contributed by atoms with Crippen LogP contribution in [0.4, 0.5) is 0 Å². The Morgan fingerprint density at radius 3 is 2.79 bits per heavy atom. The number of piperazine rings is 1. The maximum atomic E-state index is 5.48. The number of ether oxygens (including phenoxy) is 1. The summed E-state index contributed by atoms with van der Waals surface area (Å²) in [6, 6.07) is 0.